The molecule has 0 spiro atoms. The summed E-state index contributed by atoms with van der Waals surface area (Å²) in [6, 6.07) is 17.6. The predicted octanol–water partition coefficient (Wildman–Crippen LogP) is 5.20. The summed E-state index contributed by atoms with van der Waals surface area (Å²) in [5, 5.41) is 1.19. The molecule has 0 saturated carbocycles. The first kappa shape index (κ1) is 16.3. The molecule has 3 heterocycles. The van der Waals surface area contributed by atoms with Gasteiger partial charge in [0.25, 0.3) is 0 Å². The zero-order chi connectivity index (χ0) is 18.2. The first-order valence-corrected chi connectivity index (χ1v) is 9.48. The predicted molar refractivity (Wildman–Crippen MR) is 109 cm³/mol. The molecule has 2 aromatic heterocycles. The highest BCUT2D eigenvalue weighted by Gasteiger charge is 2.17. The number of benzene rings is 2. The molecule has 0 aliphatic carbocycles. The van der Waals surface area contributed by atoms with Crippen LogP contribution >= 0.6 is 0 Å². The highest BCUT2D eigenvalue weighted by molar-refractivity contribution is 5.84. The van der Waals surface area contributed by atoms with Gasteiger partial charge in [0.1, 0.15) is 5.65 Å². The van der Waals surface area contributed by atoms with E-state index in [1.807, 2.05) is 12.4 Å². The highest BCUT2D eigenvalue weighted by atomic mass is 16.5. The number of ether oxygens (including phenoxy) is 1. The van der Waals surface area contributed by atoms with E-state index in [-0.39, 0.29) is 0 Å². The largest absolute Gasteiger partial charge is 0.376 e. The summed E-state index contributed by atoms with van der Waals surface area (Å²) in [5.41, 5.74) is 10.1. The van der Waals surface area contributed by atoms with Crippen LogP contribution in [0.25, 0.3) is 22.2 Å². The van der Waals surface area contributed by atoms with Crippen LogP contribution in [-0.2, 0) is 24.2 Å². The minimum atomic E-state index is 0.714. The maximum absolute atomic E-state index is 5.77. The molecule has 0 bridgehead atoms. The van der Waals surface area contributed by atoms with E-state index < -0.39 is 0 Å². The Balaban J connectivity index is 1.63. The average Bonchev–Trinajstić information content (AvgIpc) is 3.09. The van der Waals surface area contributed by atoms with Crippen molar-refractivity contribution in [1.82, 2.24) is 9.97 Å². The second kappa shape index (κ2) is 6.67. The third-order valence-corrected chi connectivity index (χ3v) is 5.51. The minimum Gasteiger partial charge on any atom is -0.376 e. The molecule has 0 unspecified atom stereocenters. The average molecular weight is 354 g/mol. The lowest BCUT2D eigenvalue weighted by atomic mass is 9.89. The van der Waals surface area contributed by atoms with Crippen molar-refractivity contribution < 1.29 is 4.74 Å². The Morgan fingerprint density at radius 3 is 2.85 bits per heavy atom. The third kappa shape index (κ3) is 3.04. The smallest absolute Gasteiger partial charge is 0.137 e. The van der Waals surface area contributed by atoms with Gasteiger partial charge in [-0.05, 0) is 59.2 Å². The van der Waals surface area contributed by atoms with Gasteiger partial charge < -0.3 is 9.72 Å². The lowest BCUT2D eigenvalue weighted by Gasteiger charge is -2.22. The number of aromatic nitrogens is 2. The van der Waals surface area contributed by atoms with E-state index >= 15 is 0 Å². The van der Waals surface area contributed by atoms with Crippen LogP contribution in [0.1, 0.15) is 27.8 Å². The van der Waals surface area contributed by atoms with Crippen LogP contribution in [-0.4, -0.2) is 16.6 Å². The van der Waals surface area contributed by atoms with E-state index in [9.17, 15) is 0 Å². The van der Waals surface area contributed by atoms with Gasteiger partial charge in [-0.1, -0.05) is 42.5 Å². The molecule has 2 aromatic carbocycles. The quantitative estimate of drug-likeness (QED) is 0.549. The molecule has 1 aliphatic rings. The lowest BCUT2D eigenvalue weighted by Crippen LogP contribution is -2.13. The molecule has 0 saturated heterocycles. The van der Waals surface area contributed by atoms with E-state index in [0.29, 0.717) is 6.61 Å². The third-order valence-electron chi connectivity index (χ3n) is 5.51. The van der Waals surface area contributed by atoms with Gasteiger partial charge in [0.2, 0.25) is 0 Å². The van der Waals surface area contributed by atoms with Crippen molar-refractivity contribution in [2.75, 3.05) is 6.61 Å². The summed E-state index contributed by atoms with van der Waals surface area (Å²) in [6.45, 7) is 3.64. The summed E-state index contributed by atoms with van der Waals surface area (Å²) < 4.78 is 5.77. The zero-order valence-electron chi connectivity index (χ0n) is 15.5. The number of rotatable bonds is 3. The minimum absolute atomic E-state index is 0.714. The van der Waals surface area contributed by atoms with Crippen LogP contribution in [0.15, 0.2) is 60.9 Å². The van der Waals surface area contributed by atoms with Crippen molar-refractivity contribution in [2.45, 2.75) is 26.4 Å². The molecule has 3 nitrogen and oxygen atoms in total. The maximum atomic E-state index is 5.77. The molecular formula is C24H22N2O. The molecule has 0 amide bonds. The van der Waals surface area contributed by atoms with Crippen LogP contribution < -0.4 is 0 Å². The molecule has 3 heteroatoms. The van der Waals surface area contributed by atoms with Crippen LogP contribution in [0, 0.1) is 6.92 Å². The highest BCUT2D eigenvalue weighted by Crippen LogP contribution is 2.31. The Kier molecular flexibility index (Phi) is 4.02. The molecule has 5 rings (SSSR count). The van der Waals surface area contributed by atoms with Gasteiger partial charge in [-0.25, -0.2) is 4.98 Å². The van der Waals surface area contributed by atoms with Gasteiger partial charge in [-0.15, -0.1) is 0 Å². The van der Waals surface area contributed by atoms with E-state index in [4.69, 9.17) is 4.74 Å². The van der Waals surface area contributed by atoms with Gasteiger partial charge >= 0.3 is 0 Å². The van der Waals surface area contributed by atoms with Crippen molar-refractivity contribution >= 4 is 11.0 Å². The molecule has 0 atom stereocenters. The number of aryl methyl sites for hydroxylation is 1. The number of nitrogens with zero attached hydrogens (tertiary/aromatic N) is 1. The Hall–Kier alpha value is -2.91. The number of hydrogen-bond donors (Lipinski definition) is 1. The summed E-state index contributed by atoms with van der Waals surface area (Å²) in [4.78, 5) is 7.86. The van der Waals surface area contributed by atoms with Crippen molar-refractivity contribution in [2.24, 2.45) is 0 Å². The Labute approximate surface area is 159 Å². The maximum Gasteiger partial charge on any atom is 0.137 e. The van der Waals surface area contributed by atoms with Crippen LogP contribution in [0.5, 0.6) is 0 Å². The number of hydrogen-bond acceptors (Lipinski definition) is 2. The zero-order valence-corrected chi connectivity index (χ0v) is 15.5. The normalized spacial score (nSPS) is 13.7. The fraction of sp³-hybridized carbons (Fsp3) is 0.208. The molecule has 1 aliphatic heterocycles. The van der Waals surface area contributed by atoms with Crippen molar-refractivity contribution in [3.8, 4) is 11.1 Å². The number of aromatic amines is 1. The summed E-state index contributed by atoms with van der Waals surface area (Å²) in [7, 11) is 0. The fourth-order valence-corrected chi connectivity index (χ4v) is 4.00. The summed E-state index contributed by atoms with van der Waals surface area (Å²) >= 11 is 0. The van der Waals surface area contributed by atoms with Gasteiger partial charge in [-0.3, -0.25) is 0 Å². The lowest BCUT2D eigenvalue weighted by molar-refractivity contribution is 0.110. The van der Waals surface area contributed by atoms with Gasteiger partial charge in [0, 0.05) is 23.3 Å². The Morgan fingerprint density at radius 2 is 1.96 bits per heavy atom. The first-order chi connectivity index (χ1) is 13.3. The topological polar surface area (TPSA) is 37.9 Å². The molecule has 1 N–H and O–H groups in total. The number of nitrogens with one attached hydrogen (secondary N) is 1. The number of fused-ring (bicyclic) bond motifs is 2. The van der Waals surface area contributed by atoms with E-state index in [0.717, 1.165) is 25.1 Å². The van der Waals surface area contributed by atoms with E-state index in [1.165, 1.54) is 44.3 Å². The standard InChI is InChI=1S/C24H22N2O/c1-16-13-25-24-22(16)12-21(14-26-24)19-10-18-7-8-27-15-23(18)20(11-19)9-17-5-3-2-4-6-17/h2-6,10-14H,7-9,15H2,1H3,(H,25,26). The SMILES string of the molecule is Cc1c[nH]c2ncc(-c3cc4c(c(Cc5ccccc5)c3)COCC4)cc12. The van der Waals surface area contributed by atoms with Crippen molar-refractivity contribution in [3.63, 3.8) is 0 Å². The second-order valence-corrected chi connectivity index (χ2v) is 7.33. The fourth-order valence-electron chi connectivity index (χ4n) is 4.00. The van der Waals surface area contributed by atoms with Crippen LogP contribution in [0.4, 0.5) is 0 Å². The monoisotopic (exact) mass is 354 g/mol. The number of H-pyrrole nitrogens is 1. The van der Waals surface area contributed by atoms with Crippen LogP contribution in [0.3, 0.4) is 0 Å². The summed E-state index contributed by atoms with van der Waals surface area (Å²) in [6.07, 6.45) is 5.90. The van der Waals surface area contributed by atoms with E-state index in [2.05, 4.69) is 65.4 Å². The molecule has 134 valence electrons. The molecule has 4 aromatic rings. The molecular weight excluding hydrogens is 332 g/mol. The van der Waals surface area contributed by atoms with Gasteiger partial charge in [0.15, 0.2) is 0 Å². The first-order valence-electron chi connectivity index (χ1n) is 9.48. The van der Waals surface area contributed by atoms with E-state index in [1.54, 1.807) is 0 Å². The van der Waals surface area contributed by atoms with Crippen molar-refractivity contribution in [1.29, 1.82) is 0 Å². The van der Waals surface area contributed by atoms with Crippen LogP contribution in [0.2, 0.25) is 0 Å². The van der Waals surface area contributed by atoms with Gasteiger partial charge in [0.05, 0.1) is 13.2 Å². The molecule has 0 radical (unpaired) electrons. The van der Waals surface area contributed by atoms with Crippen molar-refractivity contribution in [3.05, 3.63) is 88.7 Å². The molecule has 0 fully saturated rings. The Morgan fingerprint density at radius 1 is 1.07 bits per heavy atom. The second-order valence-electron chi connectivity index (χ2n) is 7.33. The van der Waals surface area contributed by atoms with Gasteiger partial charge in [-0.2, -0.15) is 0 Å². The summed E-state index contributed by atoms with van der Waals surface area (Å²) in [5.74, 6) is 0. The number of pyridine rings is 1. The Bertz CT molecular complexity index is 1110. The molecule has 27 heavy (non-hydrogen) atoms.